The fraction of sp³-hybridized carbons (Fsp3) is 0.600. The summed E-state index contributed by atoms with van der Waals surface area (Å²) in [5, 5.41) is 11.6. The maximum absolute atomic E-state index is 12.1. The zero-order valence-corrected chi connectivity index (χ0v) is 12.8. The lowest BCUT2D eigenvalue weighted by molar-refractivity contribution is -0.131. The van der Waals surface area contributed by atoms with Crippen LogP contribution >= 0.6 is 0 Å². The monoisotopic (exact) mass is 309 g/mol. The van der Waals surface area contributed by atoms with Crippen LogP contribution in [0.5, 0.6) is 0 Å². The van der Waals surface area contributed by atoms with Gasteiger partial charge in [0.2, 0.25) is 0 Å². The molecule has 0 aromatic carbocycles. The molecule has 0 aromatic heterocycles. The van der Waals surface area contributed by atoms with Gasteiger partial charge < -0.3 is 15.0 Å². The Bertz CT molecular complexity index is 487. The number of ether oxygens (including phenoxy) is 1. The fourth-order valence-corrected chi connectivity index (χ4v) is 2.77. The van der Waals surface area contributed by atoms with Gasteiger partial charge in [-0.05, 0) is 30.4 Å². The van der Waals surface area contributed by atoms with Gasteiger partial charge in [0.15, 0.2) is 0 Å². The molecule has 0 fully saturated rings. The lowest BCUT2D eigenvalue weighted by Gasteiger charge is -2.33. The molecule has 1 aliphatic carbocycles. The zero-order chi connectivity index (χ0) is 15.9. The molecule has 3 amide bonds. The molecule has 2 aliphatic rings. The average Bonchev–Trinajstić information content (AvgIpc) is 2.56. The van der Waals surface area contributed by atoms with E-state index in [1.165, 1.54) is 5.57 Å². The van der Waals surface area contributed by atoms with E-state index in [0.717, 1.165) is 18.4 Å². The highest BCUT2D eigenvalue weighted by Crippen LogP contribution is 2.29. The summed E-state index contributed by atoms with van der Waals surface area (Å²) >= 11 is 0. The quantitative estimate of drug-likeness (QED) is 0.398. The van der Waals surface area contributed by atoms with E-state index in [1.54, 1.807) is 17.5 Å². The molecule has 1 heterocycles. The highest BCUT2D eigenvalue weighted by Gasteiger charge is 2.27. The van der Waals surface area contributed by atoms with Gasteiger partial charge in [0, 0.05) is 33.4 Å². The topological polar surface area (TPSA) is 90.9 Å². The van der Waals surface area contributed by atoms with Gasteiger partial charge in [-0.2, -0.15) is 0 Å². The van der Waals surface area contributed by atoms with Crippen LogP contribution in [0, 0.1) is 5.92 Å². The highest BCUT2D eigenvalue weighted by atomic mass is 16.5. The molecule has 0 saturated heterocycles. The minimum Gasteiger partial charge on any atom is -0.385 e. The predicted molar refractivity (Wildman–Crippen MR) is 80.3 cm³/mol. The lowest BCUT2D eigenvalue weighted by atomic mass is 9.86. The molecule has 0 spiro atoms. The number of nitrogens with zero attached hydrogens (tertiary/aromatic N) is 1. The van der Waals surface area contributed by atoms with E-state index in [4.69, 9.17) is 9.94 Å². The third-order valence-corrected chi connectivity index (χ3v) is 4.02. The van der Waals surface area contributed by atoms with Crippen molar-refractivity contribution in [3.05, 3.63) is 23.3 Å². The van der Waals surface area contributed by atoms with Crippen molar-refractivity contribution in [2.24, 2.45) is 5.92 Å². The van der Waals surface area contributed by atoms with Crippen molar-refractivity contribution in [3.8, 4) is 0 Å². The van der Waals surface area contributed by atoms with E-state index in [0.29, 0.717) is 32.7 Å². The second kappa shape index (κ2) is 7.95. The van der Waals surface area contributed by atoms with Crippen LogP contribution in [0.1, 0.15) is 19.3 Å². The Hall–Kier alpha value is -1.86. The SMILES string of the molecule is COCCCNC(=O)N1CCC2=C(CC(C(=O)NO)C=C2)C1. The Morgan fingerprint density at radius 1 is 1.50 bits per heavy atom. The maximum Gasteiger partial charge on any atom is 0.317 e. The Balaban J connectivity index is 1.87. The second-order valence-corrected chi connectivity index (χ2v) is 5.52. The van der Waals surface area contributed by atoms with E-state index in [2.05, 4.69) is 5.32 Å². The van der Waals surface area contributed by atoms with Gasteiger partial charge in [-0.25, -0.2) is 10.3 Å². The van der Waals surface area contributed by atoms with Gasteiger partial charge in [-0.15, -0.1) is 0 Å². The molecule has 1 unspecified atom stereocenters. The number of carbonyl (C=O) groups is 2. The van der Waals surface area contributed by atoms with Crippen molar-refractivity contribution >= 4 is 11.9 Å². The number of allylic oxidation sites excluding steroid dienone is 1. The van der Waals surface area contributed by atoms with Crippen LogP contribution in [0.15, 0.2) is 23.3 Å². The summed E-state index contributed by atoms with van der Waals surface area (Å²) in [6, 6.07) is -0.0830. The number of hydrogen-bond donors (Lipinski definition) is 3. The van der Waals surface area contributed by atoms with E-state index < -0.39 is 5.91 Å². The van der Waals surface area contributed by atoms with Crippen molar-refractivity contribution in [1.29, 1.82) is 0 Å². The predicted octanol–water partition coefficient (Wildman–Crippen LogP) is 0.816. The summed E-state index contributed by atoms with van der Waals surface area (Å²) in [6.45, 7) is 2.42. The minimum absolute atomic E-state index is 0.0830. The number of hydroxylamine groups is 1. The van der Waals surface area contributed by atoms with Gasteiger partial charge >= 0.3 is 6.03 Å². The molecular formula is C15H23N3O4. The van der Waals surface area contributed by atoms with E-state index >= 15 is 0 Å². The van der Waals surface area contributed by atoms with Crippen LogP contribution in [0.3, 0.4) is 0 Å². The first-order valence-corrected chi connectivity index (χ1v) is 7.50. The summed E-state index contributed by atoms with van der Waals surface area (Å²) in [5.74, 6) is -0.780. The number of urea groups is 1. The molecular weight excluding hydrogens is 286 g/mol. The molecule has 0 aromatic rings. The molecule has 7 heteroatoms. The number of nitrogens with one attached hydrogen (secondary N) is 2. The van der Waals surface area contributed by atoms with Crippen molar-refractivity contribution < 1.29 is 19.5 Å². The Labute approximate surface area is 130 Å². The summed E-state index contributed by atoms with van der Waals surface area (Å²) in [6.07, 6.45) is 5.87. The maximum atomic E-state index is 12.1. The van der Waals surface area contributed by atoms with Gasteiger partial charge in [-0.3, -0.25) is 10.0 Å². The first-order chi connectivity index (χ1) is 10.7. The summed E-state index contributed by atoms with van der Waals surface area (Å²) < 4.78 is 4.95. The smallest absolute Gasteiger partial charge is 0.317 e. The standard InChI is InChI=1S/C15H23N3O4/c1-22-8-2-6-16-15(20)18-7-5-11-3-4-12(14(19)17-21)9-13(11)10-18/h3-4,12,21H,2,5-10H2,1H3,(H,16,20)(H,17,19). The van der Waals surface area contributed by atoms with Crippen LogP contribution in [0.2, 0.25) is 0 Å². The molecule has 3 N–H and O–H groups in total. The van der Waals surface area contributed by atoms with Crippen molar-refractivity contribution in [3.63, 3.8) is 0 Å². The Morgan fingerprint density at radius 3 is 3.05 bits per heavy atom. The van der Waals surface area contributed by atoms with Gasteiger partial charge in [0.05, 0.1) is 5.92 Å². The molecule has 22 heavy (non-hydrogen) atoms. The molecule has 0 bridgehead atoms. The van der Waals surface area contributed by atoms with Crippen LogP contribution in [-0.2, 0) is 9.53 Å². The number of rotatable bonds is 5. The third kappa shape index (κ3) is 4.08. The molecule has 2 rings (SSSR count). The first kappa shape index (κ1) is 16.5. The van der Waals surface area contributed by atoms with Gasteiger partial charge in [0.25, 0.3) is 5.91 Å². The Morgan fingerprint density at radius 2 is 2.32 bits per heavy atom. The van der Waals surface area contributed by atoms with Crippen molar-refractivity contribution in [2.75, 3.05) is 33.4 Å². The molecule has 1 aliphatic heterocycles. The number of methoxy groups -OCH3 is 1. The average molecular weight is 309 g/mol. The van der Waals surface area contributed by atoms with Crippen LogP contribution in [-0.4, -0.2) is 55.4 Å². The minimum atomic E-state index is -0.413. The largest absolute Gasteiger partial charge is 0.385 e. The molecule has 1 atom stereocenters. The second-order valence-electron chi connectivity index (χ2n) is 5.52. The zero-order valence-electron chi connectivity index (χ0n) is 12.8. The highest BCUT2D eigenvalue weighted by molar-refractivity contribution is 5.80. The first-order valence-electron chi connectivity index (χ1n) is 7.50. The fourth-order valence-electron chi connectivity index (χ4n) is 2.77. The van der Waals surface area contributed by atoms with Crippen LogP contribution in [0.4, 0.5) is 4.79 Å². The van der Waals surface area contributed by atoms with Crippen molar-refractivity contribution in [1.82, 2.24) is 15.7 Å². The van der Waals surface area contributed by atoms with E-state index in [9.17, 15) is 9.59 Å². The van der Waals surface area contributed by atoms with Crippen LogP contribution in [0.25, 0.3) is 0 Å². The molecule has 122 valence electrons. The molecule has 0 radical (unpaired) electrons. The molecule has 0 saturated carbocycles. The molecule has 7 nitrogen and oxygen atoms in total. The van der Waals surface area contributed by atoms with E-state index in [1.807, 2.05) is 12.2 Å². The lowest BCUT2D eigenvalue weighted by Crippen LogP contribution is -2.44. The number of carbonyl (C=O) groups excluding carboxylic acids is 2. The summed E-state index contributed by atoms with van der Waals surface area (Å²) in [5.41, 5.74) is 3.98. The van der Waals surface area contributed by atoms with Crippen LogP contribution < -0.4 is 10.8 Å². The third-order valence-electron chi connectivity index (χ3n) is 4.02. The Kier molecular flexibility index (Phi) is 5.97. The van der Waals surface area contributed by atoms with Crippen molar-refractivity contribution in [2.45, 2.75) is 19.3 Å². The van der Waals surface area contributed by atoms with Gasteiger partial charge in [0.1, 0.15) is 0 Å². The normalized spacial score (nSPS) is 20.6. The summed E-state index contributed by atoms with van der Waals surface area (Å²) in [4.78, 5) is 25.4. The number of hydrogen-bond acceptors (Lipinski definition) is 4. The van der Waals surface area contributed by atoms with E-state index in [-0.39, 0.29) is 11.9 Å². The van der Waals surface area contributed by atoms with Gasteiger partial charge in [-0.1, -0.05) is 12.2 Å². The summed E-state index contributed by atoms with van der Waals surface area (Å²) in [7, 11) is 1.63. The number of amides is 3.